The summed E-state index contributed by atoms with van der Waals surface area (Å²) in [4.78, 5) is 12.0. The Hall–Kier alpha value is -2.25. The van der Waals surface area contributed by atoms with Gasteiger partial charge in [-0.05, 0) is 31.2 Å². The van der Waals surface area contributed by atoms with Gasteiger partial charge in [-0.25, -0.2) is 4.39 Å². The Morgan fingerprint density at radius 2 is 1.92 bits per heavy atom. The lowest BCUT2D eigenvalue weighted by Crippen LogP contribution is -2.04. The number of Topliss-reactive ketones (excluding diaryl/α,β-unsaturated/α-hetero) is 1. The maximum atomic E-state index is 13.6. The number of hydrogen-bond acceptors (Lipinski definition) is 6. The number of halogens is 1. The second-order valence-electron chi connectivity index (χ2n) is 5.06. The monoisotopic (exact) mass is 359 g/mol. The lowest BCUT2D eigenvalue weighted by molar-refractivity contribution is 0.101. The summed E-state index contributed by atoms with van der Waals surface area (Å²) in [5.41, 5.74) is 2.21. The molecule has 0 aliphatic heterocycles. The lowest BCUT2D eigenvalue weighted by atomic mass is 10.1. The van der Waals surface area contributed by atoms with Gasteiger partial charge in [-0.1, -0.05) is 52.9 Å². The molecule has 0 unspecified atom stereocenters. The molecule has 24 heavy (non-hydrogen) atoms. The molecule has 0 spiro atoms. The molecule has 0 bridgehead atoms. The smallest absolute Gasteiger partial charge is 0.210 e. The van der Waals surface area contributed by atoms with Gasteiger partial charge in [-0.2, -0.15) is 0 Å². The number of anilines is 2. The average molecular weight is 359 g/mol. The van der Waals surface area contributed by atoms with Crippen molar-refractivity contribution in [2.45, 2.75) is 11.3 Å². The van der Waals surface area contributed by atoms with Crippen LogP contribution in [0, 0.1) is 12.7 Å². The summed E-state index contributed by atoms with van der Waals surface area (Å²) in [6, 6.07) is 13.9. The molecule has 1 aromatic heterocycles. The van der Waals surface area contributed by atoms with Gasteiger partial charge in [0.25, 0.3) is 0 Å². The van der Waals surface area contributed by atoms with Gasteiger partial charge in [0, 0.05) is 5.69 Å². The first-order valence-corrected chi connectivity index (χ1v) is 9.00. The van der Waals surface area contributed by atoms with Crippen LogP contribution in [0.1, 0.15) is 15.9 Å². The Bertz CT molecular complexity index is 849. The molecule has 122 valence electrons. The van der Waals surface area contributed by atoms with Crippen molar-refractivity contribution in [1.82, 2.24) is 10.2 Å². The quantitative estimate of drug-likeness (QED) is 0.510. The average Bonchev–Trinajstić information content (AvgIpc) is 3.03. The second-order valence-corrected chi connectivity index (χ2v) is 7.26. The maximum Gasteiger partial charge on any atom is 0.210 e. The Kier molecular flexibility index (Phi) is 5.22. The van der Waals surface area contributed by atoms with Gasteiger partial charge in [0.05, 0.1) is 11.3 Å². The largest absolute Gasteiger partial charge is 0.330 e. The summed E-state index contributed by atoms with van der Waals surface area (Å²) in [5, 5.41) is 11.9. The van der Waals surface area contributed by atoms with E-state index in [4.69, 9.17) is 0 Å². The van der Waals surface area contributed by atoms with Crippen molar-refractivity contribution in [1.29, 1.82) is 0 Å². The van der Waals surface area contributed by atoms with Crippen LogP contribution in [0.4, 0.5) is 15.2 Å². The van der Waals surface area contributed by atoms with Gasteiger partial charge in [-0.15, -0.1) is 10.2 Å². The summed E-state index contributed by atoms with van der Waals surface area (Å²) in [5.74, 6) is -0.636. The van der Waals surface area contributed by atoms with Crippen LogP contribution in [0.3, 0.4) is 0 Å². The van der Waals surface area contributed by atoms with E-state index in [0.717, 1.165) is 5.69 Å². The second kappa shape index (κ2) is 7.55. The van der Waals surface area contributed by atoms with E-state index in [-0.39, 0.29) is 17.1 Å². The fourth-order valence-electron chi connectivity index (χ4n) is 1.97. The van der Waals surface area contributed by atoms with Gasteiger partial charge in [0.15, 0.2) is 10.1 Å². The van der Waals surface area contributed by atoms with Crippen LogP contribution in [-0.4, -0.2) is 21.7 Å². The molecule has 3 aromatic rings. The number of carbonyl (C=O) groups is 1. The first kappa shape index (κ1) is 16.6. The molecule has 0 fully saturated rings. The van der Waals surface area contributed by atoms with Crippen LogP contribution in [-0.2, 0) is 0 Å². The number of nitrogens with one attached hydrogen (secondary N) is 1. The number of rotatable bonds is 6. The van der Waals surface area contributed by atoms with E-state index in [1.165, 1.54) is 40.8 Å². The number of carbonyl (C=O) groups excluding carboxylic acids is 1. The summed E-state index contributed by atoms with van der Waals surface area (Å²) in [6.45, 7) is 2.02. The number of nitrogens with zero attached hydrogens (tertiary/aromatic N) is 2. The third-order valence-electron chi connectivity index (χ3n) is 3.21. The van der Waals surface area contributed by atoms with Crippen LogP contribution in [0.25, 0.3) is 0 Å². The maximum absolute atomic E-state index is 13.6. The molecule has 0 aliphatic carbocycles. The van der Waals surface area contributed by atoms with Crippen LogP contribution in [0.15, 0.2) is 52.9 Å². The number of hydrogen-bond donors (Lipinski definition) is 1. The fraction of sp³-hybridized carbons (Fsp3) is 0.118. The van der Waals surface area contributed by atoms with Crippen molar-refractivity contribution in [2.24, 2.45) is 0 Å². The van der Waals surface area contributed by atoms with Crippen molar-refractivity contribution in [3.05, 3.63) is 65.5 Å². The van der Waals surface area contributed by atoms with Crippen LogP contribution < -0.4 is 5.32 Å². The highest BCUT2D eigenvalue weighted by molar-refractivity contribution is 8.01. The zero-order valence-electron chi connectivity index (χ0n) is 12.8. The third-order valence-corrected chi connectivity index (χ3v) is 5.18. The van der Waals surface area contributed by atoms with Crippen molar-refractivity contribution >= 4 is 39.7 Å². The highest BCUT2D eigenvalue weighted by Gasteiger charge is 2.13. The molecule has 3 rings (SSSR count). The third kappa shape index (κ3) is 4.18. The highest BCUT2D eigenvalue weighted by atomic mass is 32.2. The van der Waals surface area contributed by atoms with Gasteiger partial charge >= 0.3 is 0 Å². The molecule has 0 aliphatic rings. The number of aromatic nitrogens is 2. The number of benzene rings is 2. The molecule has 0 radical (unpaired) electrons. The number of aryl methyl sites for hydroxylation is 1. The first-order chi connectivity index (χ1) is 11.6. The molecule has 2 aromatic carbocycles. The van der Waals surface area contributed by atoms with E-state index in [1.54, 1.807) is 12.1 Å². The summed E-state index contributed by atoms with van der Waals surface area (Å²) < 4.78 is 14.2. The van der Waals surface area contributed by atoms with Gasteiger partial charge in [0.1, 0.15) is 5.82 Å². The Balaban J connectivity index is 1.59. The van der Waals surface area contributed by atoms with Crippen molar-refractivity contribution in [2.75, 3.05) is 11.1 Å². The minimum Gasteiger partial charge on any atom is -0.330 e. The van der Waals surface area contributed by atoms with E-state index in [9.17, 15) is 9.18 Å². The van der Waals surface area contributed by atoms with Gasteiger partial charge in [-0.3, -0.25) is 4.79 Å². The molecule has 4 nitrogen and oxygen atoms in total. The van der Waals surface area contributed by atoms with E-state index in [2.05, 4.69) is 15.5 Å². The molecular formula is C17H14FN3OS2. The zero-order chi connectivity index (χ0) is 16.9. The fourth-order valence-corrected chi connectivity index (χ4v) is 3.63. The molecule has 7 heteroatoms. The molecule has 1 heterocycles. The van der Waals surface area contributed by atoms with E-state index in [0.29, 0.717) is 9.47 Å². The van der Waals surface area contributed by atoms with E-state index < -0.39 is 5.82 Å². The SMILES string of the molecule is Cc1ccc(Nc2nnc(SCC(=O)c3ccccc3F)s2)cc1. The van der Waals surface area contributed by atoms with Crippen LogP contribution >= 0.6 is 23.1 Å². The van der Waals surface area contributed by atoms with Crippen LogP contribution in [0.2, 0.25) is 0 Å². The van der Waals surface area contributed by atoms with E-state index >= 15 is 0 Å². The Labute approximate surface area is 147 Å². The minimum atomic E-state index is -0.498. The topological polar surface area (TPSA) is 54.9 Å². The lowest BCUT2D eigenvalue weighted by Gasteiger charge is -2.01. The standard InChI is InChI=1S/C17H14FN3OS2/c1-11-6-8-12(9-7-11)19-16-20-21-17(24-16)23-10-15(22)13-4-2-3-5-14(13)18/h2-9H,10H2,1H3,(H,19,20). The predicted octanol–water partition coefficient (Wildman–Crippen LogP) is 4.70. The van der Waals surface area contributed by atoms with Gasteiger partial charge < -0.3 is 5.32 Å². The zero-order valence-corrected chi connectivity index (χ0v) is 14.5. The van der Waals surface area contributed by atoms with E-state index in [1.807, 2.05) is 31.2 Å². The molecular weight excluding hydrogens is 345 g/mol. The summed E-state index contributed by atoms with van der Waals surface area (Å²) in [6.07, 6.45) is 0. The Morgan fingerprint density at radius 3 is 2.67 bits per heavy atom. The summed E-state index contributed by atoms with van der Waals surface area (Å²) >= 11 is 2.61. The Morgan fingerprint density at radius 1 is 1.17 bits per heavy atom. The van der Waals surface area contributed by atoms with Crippen molar-refractivity contribution in [3.8, 4) is 0 Å². The molecule has 0 atom stereocenters. The first-order valence-electron chi connectivity index (χ1n) is 7.19. The normalized spacial score (nSPS) is 10.6. The molecule has 1 N–H and O–H groups in total. The van der Waals surface area contributed by atoms with Crippen LogP contribution in [0.5, 0.6) is 0 Å². The predicted molar refractivity (Wildman–Crippen MR) is 95.8 cm³/mol. The molecule has 0 saturated carbocycles. The number of thioether (sulfide) groups is 1. The minimum absolute atomic E-state index is 0.104. The van der Waals surface area contributed by atoms with Gasteiger partial charge in [0.2, 0.25) is 5.13 Å². The highest BCUT2D eigenvalue weighted by Crippen LogP contribution is 2.28. The van der Waals surface area contributed by atoms with Crippen molar-refractivity contribution in [3.63, 3.8) is 0 Å². The number of ketones is 1. The summed E-state index contributed by atoms with van der Waals surface area (Å²) in [7, 11) is 0. The van der Waals surface area contributed by atoms with Crippen molar-refractivity contribution < 1.29 is 9.18 Å². The molecule has 0 amide bonds. The molecule has 0 saturated heterocycles.